The van der Waals surface area contributed by atoms with Gasteiger partial charge in [-0.05, 0) is 108 Å². The summed E-state index contributed by atoms with van der Waals surface area (Å²) in [5.41, 5.74) is 10.4. The van der Waals surface area contributed by atoms with Crippen LogP contribution in [0.2, 0.25) is 0 Å². The number of hydrogen-bond acceptors (Lipinski definition) is 3. The van der Waals surface area contributed by atoms with E-state index in [1.165, 1.54) is 54.6 Å². The van der Waals surface area contributed by atoms with Crippen molar-refractivity contribution in [2.24, 2.45) is 0 Å². The molecule has 0 saturated carbocycles. The van der Waals surface area contributed by atoms with Gasteiger partial charge in [0.25, 0.3) is 0 Å². The molecule has 3 heterocycles. The van der Waals surface area contributed by atoms with E-state index in [1.807, 2.05) is 50.2 Å². The van der Waals surface area contributed by atoms with Crippen LogP contribution in [0.1, 0.15) is 13.8 Å². The summed E-state index contributed by atoms with van der Waals surface area (Å²) in [5, 5.41) is 7.75. The standard InChI is InChI=1S/C43H27N3.C2H6/c1-2-9-29(10-3-1)36-27-37(35-22-20-32-12-8-11-31-19-21-34(36)43(35)42(31)32)30-17-15-28(16-18-30)33-25-40(38-13-4-6-23-44-38)46-41(26-33)39-14-5-7-24-45-39;1-2/h1-27H;1-2H3. The lowest BCUT2D eigenvalue weighted by Crippen LogP contribution is -1.94. The Hall–Kier alpha value is -6.19. The van der Waals surface area contributed by atoms with Gasteiger partial charge in [-0.15, -0.1) is 0 Å². The molecule has 0 unspecified atom stereocenters. The van der Waals surface area contributed by atoms with E-state index >= 15 is 0 Å². The van der Waals surface area contributed by atoms with Crippen molar-refractivity contribution in [3.8, 4) is 56.2 Å². The minimum Gasteiger partial charge on any atom is -0.255 e. The van der Waals surface area contributed by atoms with E-state index in [4.69, 9.17) is 4.98 Å². The molecule has 0 amide bonds. The number of nitrogens with zero attached hydrogens (tertiary/aromatic N) is 3. The molecule has 3 heteroatoms. The van der Waals surface area contributed by atoms with Gasteiger partial charge >= 0.3 is 0 Å². The quantitative estimate of drug-likeness (QED) is 0.181. The largest absolute Gasteiger partial charge is 0.255 e. The maximum atomic E-state index is 4.95. The average molecular weight is 616 g/mol. The lowest BCUT2D eigenvalue weighted by atomic mass is 9.85. The van der Waals surface area contributed by atoms with E-state index in [-0.39, 0.29) is 0 Å². The summed E-state index contributed by atoms with van der Waals surface area (Å²) >= 11 is 0. The Balaban J connectivity index is 0.00000165. The molecule has 228 valence electrons. The third-order valence-corrected chi connectivity index (χ3v) is 8.94. The van der Waals surface area contributed by atoms with Gasteiger partial charge < -0.3 is 0 Å². The summed E-state index contributed by atoms with van der Waals surface area (Å²) in [6, 6.07) is 53.8. The van der Waals surface area contributed by atoms with Gasteiger partial charge in [0.1, 0.15) is 0 Å². The second-order valence-corrected chi connectivity index (χ2v) is 11.7. The highest BCUT2D eigenvalue weighted by Crippen LogP contribution is 2.44. The number of pyridine rings is 3. The van der Waals surface area contributed by atoms with E-state index < -0.39 is 0 Å². The minimum absolute atomic E-state index is 0.821. The van der Waals surface area contributed by atoms with Crippen LogP contribution in [0.4, 0.5) is 0 Å². The van der Waals surface area contributed by atoms with Crippen LogP contribution in [0.15, 0.2) is 164 Å². The molecule has 0 aliphatic rings. The Morgan fingerprint density at radius 3 is 1.42 bits per heavy atom. The molecule has 0 aliphatic carbocycles. The zero-order chi connectivity index (χ0) is 32.5. The second-order valence-electron chi connectivity index (χ2n) is 11.7. The summed E-state index contributed by atoms with van der Waals surface area (Å²) in [4.78, 5) is 14.1. The van der Waals surface area contributed by atoms with Crippen molar-refractivity contribution in [1.82, 2.24) is 15.0 Å². The molecule has 0 atom stereocenters. The van der Waals surface area contributed by atoms with Gasteiger partial charge in [-0.25, -0.2) is 4.98 Å². The molecule has 48 heavy (non-hydrogen) atoms. The van der Waals surface area contributed by atoms with Crippen LogP contribution >= 0.6 is 0 Å². The van der Waals surface area contributed by atoms with Gasteiger partial charge in [0.15, 0.2) is 0 Å². The molecule has 0 spiro atoms. The zero-order valence-corrected chi connectivity index (χ0v) is 26.9. The predicted octanol–water partition coefficient (Wildman–Crippen LogP) is 12.1. The highest BCUT2D eigenvalue weighted by Gasteiger charge is 2.17. The van der Waals surface area contributed by atoms with Gasteiger partial charge in [0, 0.05) is 12.4 Å². The third-order valence-electron chi connectivity index (χ3n) is 8.94. The summed E-state index contributed by atoms with van der Waals surface area (Å²) in [7, 11) is 0. The van der Waals surface area contributed by atoms with Gasteiger partial charge in [-0.2, -0.15) is 0 Å². The molecule has 0 bridgehead atoms. The Bertz CT molecular complexity index is 2420. The summed E-state index contributed by atoms with van der Waals surface area (Å²) in [5.74, 6) is 0. The first kappa shape index (κ1) is 29.2. The summed E-state index contributed by atoms with van der Waals surface area (Å²) in [6.07, 6.45) is 3.61. The average Bonchev–Trinajstić information content (AvgIpc) is 3.18. The molecule has 3 nitrogen and oxygen atoms in total. The van der Waals surface area contributed by atoms with Crippen molar-refractivity contribution >= 4 is 32.3 Å². The zero-order valence-electron chi connectivity index (χ0n) is 26.9. The number of benzene rings is 6. The van der Waals surface area contributed by atoms with Crippen molar-refractivity contribution in [2.45, 2.75) is 13.8 Å². The van der Waals surface area contributed by atoms with Gasteiger partial charge in [-0.1, -0.05) is 123 Å². The van der Waals surface area contributed by atoms with Gasteiger partial charge in [0.2, 0.25) is 0 Å². The third kappa shape index (κ3) is 5.16. The Morgan fingerprint density at radius 2 is 0.875 bits per heavy atom. The molecule has 3 aromatic heterocycles. The first-order valence-corrected chi connectivity index (χ1v) is 16.5. The van der Waals surface area contributed by atoms with E-state index in [2.05, 4.69) is 125 Å². The fourth-order valence-corrected chi connectivity index (χ4v) is 6.76. The van der Waals surface area contributed by atoms with Crippen molar-refractivity contribution in [2.75, 3.05) is 0 Å². The van der Waals surface area contributed by atoms with Crippen molar-refractivity contribution < 1.29 is 0 Å². The van der Waals surface area contributed by atoms with Crippen LogP contribution in [-0.2, 0) is 0 Å². The summed E-state index contributed by atoms with van der Waals surface area (Å²) in [6.45, 7) is 4.00. The van der Waals surface area contributed by atoms with E-state index in [0.717, 1.165) is 33.9 Å². The van der Waals surface area contributed by atoms with Crippen LogP contribution < -0.4 is 0 Å². The number of aromatic nitrogens is 3. The van der Waals surface area contributed by atoms with E-state index in [1.54, 1.807) is 12.4 Å². The molecule has 0 N–H and O–H groups in total. The van der Waals surface area contributed by atoms with Crippen molar-refractivity contribution in [3.63, 3.8) is 0 Å². The molecule has 6 aromatic carbocycles. The molecule has 9 rings (SSSR count). The van der Waals surface area contributed by atoms with Crippen LogP contribution in [0.5, 0.6) is 0 Å². The number of hydrogen-bond donors (Lipinski definition) is 0. The second kappa shape index (κ2) is 12.5. The van der Waals surface area contributed by atoms with Crippen molar-refractivity contribution in [3.05, 3.63) is 164 Å². The highest BCUT2D eigenvalue weighted by molar-refractivity contribution is 6.28. The molecule has 0 aliphatic heterocycles. The maximum Gasteiger partial charge on any atom is 0.0900 e. The monoisotopic (exact) mass is 615 g/mol. The smallest absolute Gasteiger partial charge is 0.0900 e. The Labute approximate surface area is 280 Å². The Morgan fingerprint density at radius 1 is 0.354 bits per heavy atom. The Kier molecular flexibility index (Phi) is 7.64. The molecular weight excluding hydrogens is 583 g/mol. The van der Waals surface area contributed by atoms with Crippen molar-refractivity contribution in [1.29, 1.82) is 0 Å². The predicted molar refractivity (Wildman–Crippen MR) is 202 cm³/mol. The highest BCUT2D eigenvalue weighted by atomic mass is 14.8. The lowest BCUT2D eigenvalue weighted by Gasteiger charge is -2.18. The molecule has 0 saturated heterocycles. The van der Waals surface area contributed by atoms with Gasteiger partial charge in [0.05, 0.1) is 22.8 Å². The fourth-order valence-electron chi connectivity index (χ4n) is 6.76. The van der Waals surface area contributed by atoms with E-state index in [0.29, 0.717) is 0 Å². The molecule has 0 radical (unpaired) electrons. The SMILES string of the molecule is CC.c1ccc(-c2cc(-c3ccc(-c4cc(-c5ccccn5)nc(-c5ccccn5)c4)cc3)c3ccc4cccc5ccc2c3c54)cc1. The minimum atomic E-state index is 0.821. The fraction of sp³-hybridized carbons (Fsp3) is 0.0444. The lowest BCUT2D eigenvalue weighted by molar-refractivity contribution is 1.22. The summed E-state index contributed by atoms with van der Waals surface area (Å²) < 4.78 is 0. The molecule has 0 fully saturated rings. The number of rotatable bonds is 5. The van der Waals surface area contributed by atoms with Crippen LogP contribution in [0, 0.1) is 0 Å². The normalized spacial score (nSPS) is 11.1. The molecule has 9 aromatic rings. The maximum absolute atomic E-state index is 4.95. The van der Waals surface area contributed by atoms with E-state index in [9.17, 15) is 0 Å². The van der Waals surface area contributed by atoms with Gasteiger partial charge in [-0.3, -0.25) is 9.97 Å². The van der Waals surface area contributed by atoms with Crippen LogP contribution in [0.3, 0.4) is 0 Å². The van der Waals surface area contributed by atoms with Crippen LogP contribution in [0.25, 0.3) is 88.5 Å². The first-order valence-electron chi connectivity index (χ1n) is 16.5. The molecular formula is C45H33N3. The topological polar surface area (TPSA) is 38.7 Å². The van der Waals surface area contributed by atoms with Crippen LogP contribution in [-0.4, -0.2) is 15.0 Å². The first-order chi connectivity index (χ1) is 23.8.